The van der Waals surface area contributed by atoms with Crippen LogP contribution in [0.25, 0.3) is 0 Å². The average Bonchev–Trinajstić information content (AvgIpc) is 2.08. The number of hydrogen-bond donors (Lipinski definition) is 1. The third-order valence-electron chi connectivity index (χ3n) is 1.48. The summed E-state index contributed by atoms with van der Waals surface area (Å²) in [5.41, 5.74) is 4.19. The zero-order valence-electron chi connectivity index (χ0n) is 7.01. The van der Waals surface area contributed by atoms with Crippen LogP contribution in [0.4, 0.5) is 10.1 Å². The van der Waals surface area contributed by atoms with Gasteiger partial charge in [0.05, 0.1) is 7.11 Å². The minimum atomic E-state index is -0.570. The van der Waals surface area contributed by atoms with Crippen molar-refractivity contribution in [2.75, 3.05) is 7.11 Å². The van der Waals surface area contributed by atoms with Gasteiger partial charge in [0.25, 0.3) is 0 Å². The highest BCUT2D eigenvalue weighted by Gasteiger charge is 2.12. The molecular formula is C8H9ClFNO2. The lowest BCUT2D eigenvalue weighted by atomic mass is 10.2. The second-order valence-electron chi connectivity index (χ2n) is 2.29. The summed E-state index contributed by atoms with van der Waals surface area (Å²) in [6.45, 7) is 0. The van der Waals surface area contributed by atoms with Crippen molar-refractivity contribution in [3.63, 3.8) is 0 Å². The fourth-order valence-electron chi connectivity index (χ4n) is 0.849. The number of rotatable bonds is 1. The molecule has 0 spiro atoms. The van der Waals surface area contributed by atoms with E-state index in [9.17, 15) is 9.18 Å². The highest BCUT2D eigenvalue weighted by atomic mass is 35.5. The van der Waals surface area contributed by atoms with E-state index in [2.05, 4.69) is 10.5 Å². The smallest absolute Gasteiger partial charge is 0.344 e. The zero-order valence-corrected chi connectivity index (χ0v) is 7.77. The van der Waals surface area contributed by atoms with Crippen molar-refractivity contribution in [1.29, 1.82) is 0 Å². The fraction of sp³-hybridized carbons (Fsp3) is 0.125. The Hall–Kier alpha value is -1.13. The number of benzene rings is 1. The molecule has 0 atom stereocenters. The highest BCUT2D eigenvalue weighted by Crippen LogP contribution is 2.12. The number of esters is 1. The van der Waals surface area contributed by atoms with Crippen LogP contribution in [0, 0.1) is 5.82 Å². The number of hydrogen-bond acceptors (Lipinski definition) is 2. The van der Waals surface area contributed by atoms with Crippen molar-refractivity contribution in [3.05, 3.63) is 29.6 Å². The van der Waals surface area contributed by atoms with Gasteiger partial charge >= 0.3 is 5.97 Å². The Morgan fingerprint density at radius 3 is 2.69 bits per heavy atom. The van der Waals surface area contributed by atoms with E-state index in [1.165, 1.54) is 19.2 Å². The number of carbonyl (C=O) groups is 1. The summed E-state index contributed by atoms with van der Waals surface area (Å²) in [5.74, 6) is -1.04. The average molecular weight is 206 g/mol. The second kappa shape index (κ2) is 4.79. The van der Waals surface area contributed by atoms with E-state index >= 15 is 0 Å². The molecular weight excluding hydrogens is 197 g/mol. The molecule has 1 aromatic carbocycles. The van der Waals surface area contributed by atoms with Crippen LogP contribution in [0.1, 0.15) is 10.4 Å². The lowest BCUT2D eigenvalue weighted by Crippen LogP contribution is -3.00. The summed E-state index contributed by atoms with van der Waals surface area (Å²) < 4.78 is 17.0. The van der Waals surface area contributed by atoms with Gasteiger partial charge in [0.15, 0.2) is 0 Å². The van der Waals surface area contributed by atoms with Crippen LogP contribution >= 0.6 is 0 Å². The van der Waals surface area contributed by atoms with Gasteiger partial charge in [-0.25, -0.2) is 9.18 Å². The maximum Gasteiger partial charge on any atom is 0.344 e. The Labute approximate surface area is 81.1 Å². The van der Waals surface area contributed by atoms with Crippen LogP contribution in [0.5, 0.6) is 0 Å². The maximum absolute atomic E-state index is 12.6. The van der Waals surface area contributed by atoms with Gasteiger partial charge in [-0.05, 0) is 12.1 Å². The SMILES string of the molecule is COC(=O)c1cc(F)ccc1[NH3+].[Cl-]. The van der Waals surface area contributed by atoms with E-state index in [1.54, 1.807) is 0 Å². The summed E-state index contributed by atoms with van der Waals surface area (Å²) in [5, 5.41) is 0. The molecule has 0 aliphatic carbocycles. The predicted octanol–water partition coefficient (Wildman–Crippen LogP) is -2.51. The van der Waals surface area contributed by atoms with Crippen LogP contribution in [0.3, 0.4) is 0 Å². The Morgan fingerprint density at radius 1 is 1.54 bits per heavy atom. The van der Waals surface area contributed by atoms with Crippen LogP contribution in [-0.4, -0.2) is 13.1 Å². The van der Waals surface area contributed by atoms with Crippen LogP contribution in [0.2, 0.25) is 0 Å². The van der Waals surface area contributed by atoms with Gasteiger partial charge in [0.2, 0.25) is 0 Å². The summed E-state index contributed by atoms with van der Waals surface area (Å²) >= 11 is 0. The van der Waals surface area contributed by atoms with Gasteiger partial charge in [-0.1, -0.05) is 0 Å². The molecule has 0 aliphatic rings. The first-order valence-corrected chi connectivity index (χ1v) is 3.35. The minimum absolute atomic E-state index is 0. The van der Waals surface area contributed by atoms with Gasteiger partial charge in [0, 0.05) is 6.07 Å². The molecule has 0 aliphatic heterocycles. The normalized spacial score (nSPS) is 8.85. The molecule has 0 radical (unpaired) electrons. The molecule has 0 bridgehead atoms. The largest absolute Gasteiger partial charge is 1.00 e. The molecule has 5 heteroatoms. The fourth-order valence-corrected chi connectivity index (χ4v) is 0.849. The summed E-state index contributed by atoms with van der Waals surface area (Å²) in [7, 11) is 1.24. The molecule has 1 rings (SSSR count). The highest BCUT2D eigenvalue weighted by molar-refractivity contribution is 5.93. The van der Waals surface area contributed by atoms with Crippen molar-refractivity contribution in [1.82, 2.24) is 0 Å². The zero-order chi connectivity index (χ0) is 9.14. The van der Waals surface area contributed by atoms with E-state index in [-0.39, 0.29) is 18.0 Å². The Morgan fingerprint density at radius 2 is 2.15 bits per heavy atom. The Balaban J connectivity index is 0.00000144. The first kappa shape index (κ1) is 11.9. The molecule has 72 valence electrons. The quantitative estimate of drug-likeness (QED) is 0.515. The second-order valence-corrected chi connectivity index (χ2v) is 2.29. The van der Waals surface area contributed by atoms with Gasteiger partial charge in [-0.2, -0.15) is 0 Å². The van der Waals surface area contributed by atoms with E-state index < -0.39 is 11.8 Å². The van der Waals surface area contributed by atoms with Gasteiger partial charge in [-0.3, -0.25) is 0 Å². The third-order valence-corrected chi connectivity index (χ3v) is 1.48. The minimum Gasteiger partial charge on any atom is -1.00 e. The number of methoxy groups -OCH3 is 1. The predicted molar refractivity (Wildman–Crippen MR) is 40.3 cm³/mol. The van der Waals surface area contributed by atoms with Crippen molar-refractivity contribution < 1.29 is 32.1 Å². The maximum atomic E-state index is 12.6. The van der Waals surface area contributed by atoms with Crippen molar-refractivity contribution in [2.45, 2.75) is 0 Å². The van der Waals surface area contributed by atoms with E-state index in [0.29, 0.717) is 5.69 Å². The van der Waals surface area contributed by atoms with Crippen LogP contribution in [-0.2, 0) is 4.74 Å². The topological polar surface area (TPSA) is 53.9 Å². The summed E-state index contributed by atoms with van der Waals surface area (Å²) in [4.78, 5) is 11.0. The molecule has 0 fully saturated rings. The third kappa shape index (κ3) is 2.68. The monoisotopic (exact) mass is 205 g/mol. The van der Waals surface area contributed by atoms with E-state index in [4.69, 9.17) is 0 Å². The summed E-state index contributed by atoms with van der Waals surface area (Å²) in [6.07, 6.45) is 0. The van der Waals surface area contributed by atoms with E-state index in [1.807, 2.05) is 0 Å². The number of ether oxygens (including phenoxy) is 1. The molecule has 0 heterocycles. The van der Waals surface area contributed by atoms with Gasteiger partial charge < -0.3 is 22.9 Å². The molecule has 3 nitrogen and oxygen atoms in total. The van der Waals surface area contributed by atoms with E-state index in [0.717, 1.165) is 6.07 Å². The lowest BCUT2D eigenvalue weighted by molar-refractivity contribution is -0.255. The molecule has 3 N–H and O–H groups in total. The lowest BCUT2D eigenvalue weighted by Gasteiger charge is -1.99. The molecule has 0 saturated heterocycles. The number of halogens is 2. The molecule has 0 unspecified atom stereocenters. The molecule has 0 amide bonds. The number of quaternary nitrogens is 1. The molecule has 0 saturated carbocycles. The molecule has 1 aromatic rings. The molecule has 0 aromatic heterocycles. The van der Waals surface area contributed by atoms with Crippen molar-refractivity contribution in [3.8, 4) is 0 Å². The first-order chi connectivity index (χ1) is 5.65. The van der Waals surface area contributed by atoms with Crippen LogP contribution in [0.15, 0.2) is 18.2 Å². The first-order valence-electron chi connectivity index (χ1n) is 3.35. The Kier molecular flexibility index (Phi) is 4.37. The van der Waals surface area contributed by atoms with Gasteiger partial charge in [0.1, 0.15) is 17.1 Å². The van der Waals surface area contributed by atoms with Gasteiger partial charge in [-0.15, -0.1) is 0 Å². The Bertz CT molecular complexity index is 317. The van der Waals surface area contributed by atoms with Crippen molar-refractivity contribution >= 4 is 11.7 Å². The van der Waals surface area contributed by atoms with Crippen LogP contribution < -0.4 is 18.1 Å². The van der Waals surface area contributed by atoms with Crippen molar-refractivity contribution in [2.24, 2.45) is 0 Å². The number of carbonyl (C=O) groups excluding carboxylic acids is 1. The molecule has 13 heavy (non-hydrogen) atoms. The summed E-state index contributed by atoms with van der Waals surface area (Å²) in [6, 6.07) is 3.78. The standard InChI is InChI=1S/C8H8FNO2.ClH/c1-12-8(11)6-4-5(9)2-3-7(6)10;/h2-4H,10H2,1H3;1H.